The summed E-state index contributed by atoms with van der Waals surface area (Å²) >= 11 is 0. The monoisotopic (exact) mass is 1220 g/mol. The fraction of sp³-hybridized carbons (Fsp3) is 0.0638. The zero-order valence-corrected chi connectivity index (χ0v) is 52.9. The summed E-state index contributed by atoms with van der Waals surface area (Å²) in [7, 11) is 0. The van der Waals surface area contributed by atoms with E-state index in [1.807, 2.05) is 0 Å². The van der Waals surface area contributed by atoms with E-state index in [0.29, 0.717) is 0 Å². The first-order valence-electron chi connectivity index (χ1n) is 34.0. The lowest BCUT2D eigenvalue weighted by atomic mass is 9.65. The third kappa shape index (κ3) is 7.81. The van der Waals surface area contributed by atoms with Crippen molar-refractivity contribution >= 4 is 22.2 Å². The van der Waals surface area contributed by atoms with Gasteiger partial charge < -0.3 is 0 Å². The van der Waals surface area contributed by atoms with Gasteiger partial charge in [-0.1, -0.05) is 315 Å². The first kappa shape index (κ1) is 54.7. The van der Waals surface area contributed by atoms with Crippen molar-refractivity contribution in [2.75, 3.05) is 0 Å². The van der Waals surface area contributed by atoms with Gasteiger partial charge in [0.05, 0.1) is 33.3 Å². The molecule has 2 spiro atoms. The molecule has 0 N–H and O–H groups in total. The molecule has 0 saturated heterocycles. The zero-order chi connectivity index (χ0) is 63.1. The summed E-state index contributed by atoms with van der Waals surface area (Å²) in [6, 6.07) is 113. The molecule has 14 aromatic rings. The van der Waals surface area contributed by atoms with Crippen LogP contribution in [0.4, 0.5) is 0 Å². The van der Waals surface area contributed by atoms with Gasteiger partial charge in [0.1, 0.15) is 0 Å². The Bertz CT molecular complexity index is 5670. The molecule has 1 unspecified atom stereocenters. The standard InChI is InChI=1S/C94H62N2/c1-3-23-61(24-4-1)67-27-7-9-29-69(67)79-55-56-80(70-30-10-8-28-68(70)62-25-5-2-6-26-62)92-91(79)95-89(63-47-43-59(44-48-63)65-51-53-77-75-35-15-21-41-85(75)93(87(77)57-65)81-37-17-11-31-71(81)72-32-12-18-38-82(72)93)90(96-92)64-49-45-60(46-50-64)66-52-54-78-76-36-16-22-42-86(76)94(88(78)58-66)83-39-19-13-33-73(83)74-34-14-20-40-84(74)94/h1-19,21,23-39,41,43-58H,20,22,40,42H2. The molecule has 0 amide bonds. The highest BCUT2D eigenvalue weighted by Gasteiger charge is 2.54. The molecule has 448 valence electrons. The summed E-state index contributed by atoms with van der Waals surface area (Å²) in [5.74, 6) is 0. The highest BCUT2D eigenvalue weighted by atomic mass is 14.8. The van der Waals surface area contributed by atoms with Crippen LogP contribution in [0.15, 0.2) is 339 Å². The number of allylic oxidation sites excluding steroid dienone is 8. The number of hydrogen-bond acceptors (Lipinski definition) is 2. The highest BCUT2D eigenvalue weighted by Crippen LogP contribution is 2.66. The quantitative estimate of drug-likeness (QED) is 0.152. The second-order valence-corrected chi connectivity index (χ2v) is 26.6. The Morgan fingerprint density at radius 3 is 0.979 bits per heavy atom. The first-order valence-corrected chi connectivity index (χ1v) is 34.0. The van der Waals surface area contributed by atoms with Crippen molar-refractivity contribution in [3.63, 3.8) is 0 Å². The smallest absolute Gasteiger partial charge is 0.0979 e. The summed E-state index contributed by atoms with van der Waals surface area (Å²) in [4.78, 5) is 12.1. The fourth-order valence-corrected chi connectivity index (χ4v) is 18.0. The summed E-state index contributed by atoms with van der Waals surface area (Å²) < 4.78 is 0. The molecule has 0 radical (unpaired) electrons. The number of nitrogens with zero attached hydrogens (tertiary/aromatic N) is 2. The Balaban J connectivity index is 0.777. The zero-order valence-electron chi connectivity index (χ0n) is 52.9. The summed E-state index contributed by atoms with van der Waals surface area (Å²) in [6.45, 7) is 0. The van der Waals surface area contributed by atoms with Crippen molar-refractivity contribution in [3.05, 3.63) is 383 Å². The van der Waals surface area contributed by atoms with E-state index in [4.69, 9.17) is 9.97 Å². The van der Waals surface area contributed by atoms with Crippen LogP contribution in [0.1, 0.15) is 70.2 Å². The van der Waals surface area contributed by atoms with Gasteiger partial charge in [0.2, 0.25) is 0 Å². The Hall–Kier alpha value is -11.8. The van der Waals surface area contributed by atoms with Crippen LogP contribution in [0.25, 0.3) is 134 Å². The SMILES string of the molecule is C1=CC2=C(CC1)C1(C3=C(C=CCC3)c3ccc(-c4ccc(-c5nc6c(-c7ccccc7-c7ccccc7)ccc(-c7ccccc7-c7ccccc7)c6nc5-c5ccc(-c6ccc7c(c6)C6(c8ccccc8-c8ccccc86)c6ccccc6-7)cc5)cc4)cc31)c1ccccc12. The molecule has 13 aromatic carbocycles. The average molecular weight is 1220 g/mol. The number of aromatic nitrogens is 2. The van der Waals surface area contributed by atoms with E-state index in [9.17, 15) is 0 Å². The van der Waals surface area contributed by atoms with Crippen LogP contribution in [0, 0.1) is 0 Å². The molecule has 1 aromatic heterocycles. The molecule has 2 heteroatoms. The van der Waals surface area contributed by atoms with Crippen molar-refractivity contribution in [2.45, 2.75) is 36.5 Å². The van der Waals surface area contributed by atoms with Gasteiger partial charge in [-0.25, -0.2) is 9.97 Å². The maximum absolute atomic E-state index is 6.05. The predicted molar refractivity (Wildman–Crippen MR) is 397 cm³/mol. The molecular weight excluding hydrogens is 1160 g/mol. The Labute approximate surface area is 560 Å². The van der Waals surface area contributed by atoms with E-state index in [-0.39, 0.29) is 5.41 Å². The number of rotatable bonds is 8. The minimum Gasteiger partial charge on any atom is -0.243 e. The van der Waals surface area contributed by atoms with E-state index in [1.54, 1.807) is 11.1 Å². The molecule has 0 saturated carbocycles. The van der Waals surface area contributed by atoms with Crippen LogP contribution in [0.2, 0.25) is 0 Å². The van der Waals surface area contributed by atoms with Crippen molar-refractivity contribution < 1.29 is 0 Å². The third-order valence-electron chi connectivity index (χ3n) is 22.0. The van der Waals surface area contributed by atoms with Gasteiger partial charge in [-0.05, 0) is 183 Å². The van der Waals surface area contributed by atoms with E-state index in [2.05, 4.69) is 328 Å². The molecule has 0 bridgehead atoms. The van der Waals surface area contributed by atoms with Gasteiger partial charge in [-0.3, -0.25) is 0 Å². The van der Waals surface area contributed by atoms with Gasteiger partial charge in [0, 0.05) is 22.3 Å². The van der Waals surface area contributed by atoms with Crippen LogP contribution < -0.4 is 0 Å². The molecule has 96 heavy (non-hydrogen) atoms. The Morgan fingerprint density at radius 2 is 0.531 bits per heavy atom. The molecule has 0 fully saturated rings. The van der Waals surface area contributed by atoms with Crippen molar-refractivity contribution in [1.82, 2.24) is 9.97 Å². The Kier molecular flexibility index (Phi) is 12.2. The maximum Gasteiger partial charge on any atom is 0.0979 e. The van der Waals surface area contributed by atoms with E-state index in [1.165, 1.54) is 94.6 Å². The average Bonchev–Trinajstić information content (AvgIpc) is 1.53. The highest BCUT2D eigenvalue weighted by molar-refractivity contribution is 6.07. The van der Waals surface area contributed by atoms with Gasteiger partial charge in [0.15, 0.2) is 0 Å². The Morgan fingerprint density at radius 1 is 0.219 bits per heavy atom. The normalized spacial score (nSPS) is 16.1. The van der Waals surface area contributed by atoms with Crippen LogP contribution >= 0.6 is 0 Å². The van der Waals surface area contributed by atoms with Crippen LogP contribution in [0.3, 0.4) is 0 Å². The van der Waals surface area contributed by atoms with Crippen LogP contribution in [0.5, 0.6) is 0 Å². The minimum absolute atomic E-state index is 0.270. The molecular formula is C94H62N2. The third-order valence-corrected chi connectivity index (χ3v) is 22.0. The first-order chi connectivity index (χ1) is 47.6. The van der Waals surface area contributed by atoms with Gasteiger partial charge in [0.25, 0.3) is 0 Å². The summed E-state index contributed by atoms with van der Waals surface area (Å²) in [5, 5.41) is 0. The molecule has 1 heterocycles. The fourth-order valence-electron chi connectivity index (χ4n) is 18.0. The number of hydrogen-bond donors (Lipinski definition) is 0. The summed E-state index contributed by atoms with van der Waals surface area (Å²) in [5.41, 5.74) is 40.3. The lowest BCUT2D eigenvalue weighted by Gasteiger charge is -2.36. The van der Waals surface area contributed by atoms with Gasteiger partial charge in [-0.2, -0.15) is 0 Å². The van der Waals surface area contributed by atoms with Crippen molar-refractivity contribution in [1.29, 1.82) is 0 Å². The lowest BCUT2D eigenvalue weighted by molar-refractivity contribution is 0.661. The van der Waals surface area contributed by atoms with E-state index < -0.39 is 5.41 Å². The molecule has 1 atom stereocenters. The molecule has 6 aliphatic rings. The van der Waals surface area contributed by atoms with Gasteiger partial charge >= 0.3 is 0 Å². The molecule has 6 aliphatic carbocycles. The van der Waals surface area contributed by atoms with Crippen LogP contribution in [-0.2, 0) is 10.8 Å². The van der Waals surface area contributed by atoms with E-state index >= 15 is 0 Å². The molecule has 0 aliphatic heterocycles. The molecule has 20 rings (SSSR count). The second-order valence-electron chi connectivity index (χ2n) is 26.6. The minimum atomic E-state index is -0.439. The second kappa shape index (κ2) is 21.3. The lowest BCUT2D eigenvalue weighted by Crippen LogP contribution is -2.29. The summed E-state index contributed by atoms with van der Waals surface area (Å²) in [6.07, 6.45) is 13.8. The van der Waals surface area contributed by atoms with Crippen LogP contribution in [-0.4, -0.2) is 9.97 Å². The predicted octanol–water partition coefficient (Wildman–Crippen LogP) is 23.8. The van der Waals surface area contributed by atoms with E-state index in [0.717, 1.165) is 109 Å². The number of benzene rings is 13. The van der Waals surface area contributed by atoms with Crippen molar-refractivity contribution in [2.24, 2.45) is 0 Å². The van der Waals surface area contributed by atoms with Gasteiger partial charge in [-0.15, -0.1) is 0 Å². The number of fused-ring (bicyclic) bond motifs is 19. The molecule has 2 nitrogen and oxygen atoms in total. The topological polar surface area (TPSA) is 25.8 Å². The largest absolute Gasteiger partial charge is 0.243 e. The maximum atomic E-state index is 6.05. The van der Waals surface area contributed by atoms with Crippen molar-refractivity contribution in [3.8, 4) is 112 Å².